The van der Waals surface area contributed by atoms with Crippen molar-refractivity contribution in [3.63, 3.8) is 0 Å². The zero-order valence-electron chi connectivity index (χ0n) is 23.4. The molecular weight excluding hydrogens is 572 g/mol. The van der Waals surface area contributed by atoms with Crippen LogP contribution in [0.3, 0.4) is 0 Å². The Hall–Kier alpha value is 1.47. The van der Waals surface area contributed by atoms with Crippen molar-refractivity contribution in [3.8, 4) is 0 Å². The summed E-state index contributed by atoms with van der Waals surface area (Å²) in [7, 11) is -2.99. The monoisotopic (exact) mass is 624 g/mol. The van der Waals surface area contributed by atoms with Crippen molar-refractivity contribution < 1.29 is 33.1 Å². The third-order valence-corrected chi connectivity index (χ3v) is 18.1. The lowest BCUT2D eigenvalue weighted by molar-refractivity contribution is -0.112. The Bertz CT molecular complexity index is 586. The molecule has 6 atom stereocenters. The molecule has 0 aliphatic rings. The average molecular weight is 625 g/mol. The lowest BCUT2D eigenvalue weighted by atomic mass is 10.2. The first-order valence-corrected chi connectivity index (χ1v) is 23.5. The normalized spacial score (nSPS) is 19.1. The van der Waals surface area contributed by atoms with Crippen LogP contribution in [-0.4, -0.2) is 97.8 Å². The molecule has 0 fully saturated rings. The highest BCUT2D eigenvalue weighted by Crippen LogP contribution is 2.66. The van der Waals surface area contributed by atoms with Crippen molar-refractivity contribution in [2.75, 3.05) is 63.6 Å². The molecule has 0 aromatic heterocycles. The molecule has 0 saturated heterocycles. The second kappa shape index (κ2) is 22.2. The second-order valence-electron chi connectivity index (χ2n) is 9.88. The molecule has 0 heterocycles. The molecule has 0 radical (unpaired) electrons. The van der Waals surface area contributed by atoms with Gasteiger partial charge in [-0.05, 0) is 36.9 Å². The Morgan fingerprint density at radius 3 is 2.06 bits per heavy atom. The third kappa shape index (κ3) is 20.4. The molecule has 7 nitrogen and oxygen atoms in total. The highest BCUT2D eigenvalue weighted by molar-refractivity contribution is 8.90. The van der Waals surface area contributed by atoms with Gasteiger partial charge in [-0.3, -0.25) is 0 Å². The first kappa shape index (κ1) is 37.5. The van der Waals surface area contributed by atoms with Gasteiger partial charge in [0, 0.05) is 56.6 Å². The zero-order chi connectivity index (χ0) is 27.5. The minimum Gasteiger partial charge on any atom is -0.396 e. The lowest BCUT2D eigenvalue weighted by Gasteiger charge is -2.30. The summed E-state index contributed by atoms with van der Waals surface area (Å²) in [6.07, 6.45) is 1.97. The maximum absolute atomic E-state index is 12.4. The van der Waals surface area contributed by atoms with E-state index in [0.29, 0.717) is 26.4 Å². The summed E-state index contributed by atoms with van der Waals surface area (Å²) in [6, 6.07) is 1.94. The van der Waals surface area contributed by atoms with Gasteiger partial charge < -0.3 is 33.1 Å². The third-order valence-electron chi connectivity index (χ3n) is 5.42. The summed E-state index contributed by atoms with van der Waals surface area (Å²) in [5.41, 5.74) is -2.13. The van der Waals surface area contributed by atoms with E-state index in [4.69, 9.17) is 18.3 Å². The van der Waals surface area contributed by atoms with Crippen molar-refractivity contribution in [3.05, 3.63) is 0 Å². The summed E-state index contributed by atoms with van der Waals surface area (Å²) in [5.74, 6) is 2.75. The van der Waals surface area contributed by atoms with Crippen LogP contribution < -0.4 is 0 Å². The summed E-state index contributed by atoms with van der Waals surface area (Å²) >= 11 is 7.50. The Morgan fingerprint density at radius 2 is 1.50 bits per heavy atom. The van der Waals surface area contributed by atoms with E-state index in [9.17, 15) is 14.8 Å². The van der Waals surface area contributed by atoms with Gasteiger partial charge in [0.1, 0.15) is 5.91 Å². The van der Waals surface area contributed by atoms with Crippen molar-refractivity contribution in [1.29, 1.82) is 0 Å². The molecule has 0 aliphatic carbocycles. The topological polar surface area (TPSA) is 94.5 Å². The largest absolute Gasteiger partial charge is 0.396 e. The van der Waals surface area contributed by atoms with Crippen LogP contribution in [0.25, 0.3) is 0 Å². The van der Waals surface area contributed by atoms with Crippen LogP contribution in [0.1, 0.15) is 40.5 Å². The molecule has 218 valence electrons. The van der Waals surface area contributed by atoms with Gasteiger partial charge >= 0.3 is 8.56 Å². The fraction of sp³-hybridized carbons (Fsp3) is 1.00. The van der Waals surface area contributed by atoms with Gasteiger partial charge in [0.05, 0.1) is 22.7 Å². The van der Waals surface area contributed by atoms with Crippen LogP contribution in [0.4, 0.5) is 0 Å². The second-order valence-corrected chi connectivity index (χ2v) is 25.1. The van der Waals surface area contributed by atoms with E-state index in [1.165, 1.54) is 0 Å². The average Bonchev–Trinajstić information content (AvgIpc) is 2.85. The van der Waals surface area contributed by atoms with Gasteiger partial charge in [-0.2, -0.15) is 12.6 Å². The van der Waals surface area contributed by atoms with E-state index < -0.39 is 23.6 Å². The zero-order valence-corrected chi connectivity index (χ0v) is 29.2. The fourth-order valence-electron chi connectivity index (χ4n) is 3.05. The van der Waals surface area contributed by atoms with Gasteiger partial charge in [0.2, 0.25) is 0 Å². The summed E-state index contributed by atoms with van der Waals surface area (Å²) in [5, 5.41) is 18.7. The number of hydrogen-bond acceptors (Lipinski definition) is 10. The Balaban J connectivity index is 4.65. The fourth-order valence-corrected chi connectivity index (χ4v) is 14.3. The Kier molecular flexibility index (Phi) is 23.1. The van der Waals surface area contributed by atoms with Crippen molar-refractivity contribution in [2.45, 2.75) is 65.1 Å². The molecule has 0 spiro atoms. The highest BCUT2D eigenvalue weighted by Gasteiger charge is 2.32. The minimum absolute atomic E-state index is 0.0791. The maximum atomic E-state index is 12.4. The molecule has 2 N–H and O–H groups in total. The van der Waals surface area contributed by atoms with E-state index in [1.54, 1.807) is 22.8 Å². The Labute approximate surface area is 237 Å². The lowest BCUT2D eigenvalue weighted by Crippen LogP contribution is -2.42. The van der Waals surface area contributed by atoms with Gasteiger partial charge in [-0.1, -0.05) is 56.5 Å². The predicted octanol–water partition coefficient (Wildman–Crippen LogP) is 4.91. The first-order valence-electron chi connectivity index (χ1n) is 13.2. The molecule has 36 heavy (non-hydrogen) atoms. The van der Waals surface area contributed by atoms with Crippen molar-refractivity contribution >= 4 is 59.0 Å². The first-order chi connectivity index (χ1) is 17.0. The molecule has 0 rings (SSSR count). The van der Waals surface area contributed by atoms with E-state index in [1.807, 2.05) is 27.4 Å². The summed E-state index contributed by atoms with van der Waals surface area (Å²) < 4.78 is 37.1. The van der Waals surface area contributed by atoms with Crippen molar-refractivity contribution in [2.24, 2.45) is 17.8 Å². The van der Waals surface area contributed by atoms with Crippen LogP contribution in [0, 0.1) is 17.8 Å². The van der Waals surface area contributed by atoms with Gasteiger partial charge in [0.15, 0.2) is 5.55 Å². The number of aliphatic hydroxyl groups excluding tert-OH is 2. The molecular formula is C23H53O7PS3Si2. The molecule has 0 aromatic carbocycles. The molecule has 13 heteroatoms. The smallest absolute Gasteiger partial charge is 0.334 e. The van der Waals surface area contributed by atoms with Crippen molar-refractivity contribution in [1.82, 2.24) is 0 Å². The molecule has 0 amide bonds. The van der Waals surface area contributed by atoms with Crippen LogP contribution in [0.5, 0.6) is 0 Å². The number of ether oxygens (including phenoxy) is 2. The molecule has 6 unspecified atom stereocenters. The van der Waals surface area contributed by atoms with Gasteiger partial charge in [-0.15, -0.1) is 0 Å². The SMILES string of the molecule is CCSP(C)(=O)SCCC[SiH2]C(OCC(C)CO)OCC(C)CO[Si](C)(CCCS)OCC(C)CO. The summed E-state index contributed by atoms with van der Waals surface area (Å²) in [4.78, 5) is 0. The van der Waals surface area contributed by atoms with E-state index >= 15 is 0 Å². The van der Waals surface area contributed by atoms with Crippen LogP contribution >= 0.6 is 40.9 Å². The number of rotatable bonds is 25. The highest BCUT2D eigenvalue weighted by atomic mass is 33.1. The molecule has 0 saturated carbocycles. The number of hydrogen-bond donors (Lipinski definition) is 3. The van der Waals surface area contributed by atoms with Crippen LogP contribution in [-0.2, 0) is 22.9 Å². The predicted molar refractivity (Wildman–Crippen MR) is 166 cm³/mol. The van der Waals surface area contributed by atoms with E-state index in [-0.39, 0.29) is 36.9 Å². The van der Waals surface area contributed by atoms with Crippen LogP contribution in [0.2, 0.25) is 18.6 Å². The standard InChI is InChI=1S/C23H53O7PS3Si2/c1-7-33-31(5,26)34-11-9-12-35-23(27-16-20(2)14-24)28-17-22(4)19-30-36(6,13-8-10-32)29-18-21(3)15-25/h20-25,32H,7-19,35H2,1-6H3. The van der Waals surface area contributed by atoms with Gasteiger partial charge in [-0.25, -0.2) is 0 Å². The summed E-state index contributed by atoms with van der Waals surface area (Å²) in [6.45, 7) is 14.3. The molecule has 0 aliphatic heterocycles. The maximum Gasteiger partial charge on any atom is 0.334 e. The number of thiol groups is 1. The van der Waals surface area contributed by atoms with Crippen LogP contribution in [0.15, 0.2) is 0 Å². The quantitative estimate of drug-likeness (QED) is 0.0431. The van der Waals surface area contributed by atoms with E-state index in [2.05, 4.69) is 26.1 Å². The Morgan fingerprint density at radius 1 is 0.944 bits per heavy atom. The number of aliphatic hydroxyl groups is 2. The van der Waals surface area contributed by atoms with Gasteiger partial charge in [0.25, 0.3) is 0 Å². The molecule has 0 bridgehead atoms. The minimum atomic E-state index is -2.35. The molecule has 0 aromatic rings. The van der Waals surface area contributed by atoms with E-state index in [0.717, 1.165) is 42.2 Å².